The zero-order chi connectivity index (χ0) is 25.9. The maximum absolute atomic E-state index is 12.8. The van der Waals surface area contributed by atoms with Gasteiger partial charge in [-0.2, -0.15) is 8.78 Å². The molecule has 1 saturated carbocycles. The summed E-state index contributed by atoms with van der Waals surface area (Å²) < 4.78 is 47.0. The SMILES string of the molecule is CC(C)C(NC(=O)OC(C)(C)C)c1oc(-c2ccc(OC(F)F)c(OCC3CC3)c2)nc1C(=O)O. The van der Waals surface area contributed by atoms with Crippen molar-refractivity contribution in [2.75, 3.05) is 6.61 Å². The number of amides is 1. The van der Waals surface area contributed by atoms with Gasteiger partial charge in [-0.15, -0.1) is 0 Å². The fourth-order valence-corrected chi connectivity index (χ4v) is 3.23. The van der Waals surface area contributed by atoms with Crippen LogP contribution in [0.5, 0.6) is 11.5 Å². The molecule has 1 aromatic carbocycles. The third-order valence-electron chi connectivity index (χ3n) is 5.06. The van der Waals surface area contributed by atoms with Crippen molar-refractivity contribution < 1.29 is 42.1 Å². The molecule has 1 unspecified atom stereocenters. The molecule has 1 aliphatic rings. The Bertz CT molecular complexity index is 1060. The van der Waals surface area contributed by atoms with E-state index in [4.69, 9.17) is 13.9 Å². The molecule has 1 fully saturated rings. The molecular formula is C24H30F2N2O7. The molecule has 2 aromatic rings. The second-order valence-corrected chi connectivity index (χ2v) is 9.70. The van der Waals surface area contributed by atoms with Crippen LogP contribution in [0.1, 0.15) is 69.8 Å². The van der Waals surface area contributed by atoms with Gasteiger partial charge in [0.05, 0.1) is 12.6 Å². The summed E-state index contributed by atoms with van der Waals surface area (Å²) in [4.78, 5) is 28.4. The van der Waals surface area contributed by atoms with Gasteiger partial charge in [0.2, 0.25) is 5.89 Å². The van der Waals surface area contributed by atoms with Crippen molar-refractivity contribution >= 4 is 12.1 Å². The van der Waals surface area contributed by atoms with Gasteiger partial charge in [0.1, 0.15) is 5.60 Å². The van der Waals surface area contributed by atoms with E-state index in [0.29, 0.717) is 18.1 Å². The third kappa shape index (κ3) is 7.30. The number of carboxylic acids is 1. The van der Waals surface area contributed by atoms with Crippen LogP contribution in [0.25, 0.3) is 11.5 Å². The van der Waals surface area contributed by atoms with Crippen LogP contribution in [-0.2, 0) is 4.74 Å². The lowest BCUT2D eigenvalue weighted by Gasteiger charge is -2.24. The van der Waals surface area contributed by atoms with Crippen molar-refractivity contribution in [1.29, 1.82) is 0 Å². The van der Waals surface area contributed by atoms with Crippen LogP contribution in [0.4, 0.5) is 13.6 Å². The topological polar surface area (TPSA) is 120 Å². The standard InChI is InChI=1S/C24H30F2N2O7/c1-12(2)17(28-23(31)35-24(3,4)5)19-18(21(29)30)27-20(34-19)14-8-9-15(33-22(25)26)16(10-14)32-11-13-6-7-13/h8-10,12-13,17,22H,6-7,11H2,1-5H3,(H,28,31)(H,29,30). The molecule has 0 spiro atoms. The number of oxazole rings is 1. The lowest BCUT2D eigenvalue weighted by molar-refractivity contribution is -0.0515. The summed E-state index contributed by atoms with van der Waals surface area (Å²) in [5, 5.41) is 12.4. The molecule has 1 amide bonds. The molecule has 1 aromatic heterocycles. The van der Waals surface area contributed by atoms with Crippen molar-refractivity contribution in [1.82, 2.24) is 10.3 Å². The number of alkyl halides is 2. The number of rotatable bonds is 10. The first kappa shape index (κ1) is 26.2. The van der Waals surface area contributed by atoms with Crippen molar-refractivity contribution in [3.05, 3.63) is 29.7 Å². The maximum Gasteiger partial charge on any atom is 0.408 e. The minimum Gasteiger partial charge on any atom is -0.489 e. The lowest BCUT2D eigenvalue weighted by Crippen LogP contribution is -2.37. The van der Waals surface area contributed by atoms with E-state index in [9.17, 15) is 23.5 Å². The number of aromatic nitrogens is 1. The fraction of sp³-hybridized carbons (Fsp3) is 0.542. The van der Waals surface area contributed by atoms with Gasteiger partial charge < -0.3 is 29.1 Å². The highest BCUT2D eigenvalue weighted by molar-refractivity contribution is 5.87. The normalized spacial score (nSPS) is 14.7. The lowest BCUT2D eigenvalue weighted by atomic mass is 10.0. The molecule has 0 aliphatic heterocycles. The second kappa shape index (κ2) is 10.5. The molecule has 0 radical (unpaired) electrons. The zero-order valence-electron chi connectivity index (χ0n) is 20.3. The van der Waals surface area contributed by atoms with Crippen molar-refractivity contribution in [2.45, 2.75) is 65.7 Å². The number of carbonyl (C=O) groups is 2. The van der Waals surface area contributed by atoms with Crippen molar-refractivity contribution in [2.24, 2.45) is 11.8 Å². The molecular weight excluding hydrogens is 466 g/mol. The average Bonchev–Trinajstić information content (AvgIpc) is 3.45. The summed E-state index contributed by atoms with van der Waals surface area (Å²) in [6.45, 7) is 5.97. The van der Waals surface area contributed by atoms with E-state index in [2.05, 4.69) is 15.0 Å². The molecule has 1 aliphatic carbocycles. The molecule has 11 heteroatoms. The number of ether oxygens (including phenoxy) is 3. The largest absolute Gasteiger partial charge is 0.489 e. The number of carbonyl (C=O) groups excluding carboxylic acids is 1. The van der Waals surface area contributed by atoms with Gasteiger partial charge in [-0.25, -0.2) is 14.6 Å². The van der Waals surface area contributed by atoms with Crippen molar-refractivity contribution in [3.63, 3.8) is 0 Å². The predicted octanol–water partition coefficient (Wildman–Crippen LogP) is 5.65. The molecule has 192 valence electrons. The monoisotopic (exact) mass is 496 g/mol. The van der Waals surface area contributed by atoms with Crippen LogP contribution >= 0.6 is 0 Å². The molecule has 0 bridgehead atoms. The molecule has 9 nitrogen and oxygen atoms in total. The van der Waals surface area contributed by atoms with E-state index >= 15 is 0 Å². The minimum absolute atomic E-state index is 0.0679. The van der Waals surface area contributed by atoms with E-state index < -0.39 is 30.3 Å². The van der Waals surface area contributed by atoms with E-state index in [1.54, 1.807) is 34.6 Å². The van der Waals surface area contributed by atoms with Crippen molar-refractivity contribution in [3.8, 4) is 23.0 Å². The van der Waals surface area contributed by atoms with E-state index in [1.165, 1.54) is 18.2 Å². The van der Waals surface area contributed by atoms with Crippen LogP contribution in [0.2, 0.25) is 0 Å². The molecule has 3 rings (SSSR count). The summed E-state index contributed by atoms with van der Waals surface area (Å²) in [7, 11) is 0. The Labute approximate surface area is 201 Å². The maximum atomic E-state index is 12.8. The number of hydrogen-bond acceptors (Lipinski definition) is 7. The first-order valence-corrected chi connectivity index (χ1v) is 11.3. The van der Waals surface area contributed by atoms with Gasteiger partial charge in [-0.1, -0.05) is 13.8 Å². The van der Waals surface area contributed by atoms with Gasteiger partial charge in [-0.3, -0.25) is 0 Å². The highest BCUT2D eigenvalue weighted by Crippen LogP contribution is 2.37. The smallest absolute Gasteiger partial charge is 0.408 e. The third-order valence-corrected chi connectivity index (χ3v) is 5.06. The number of nitrogens with one attached hydrogen (secondary N) is 1. The summed E-state index contributed by atoms with van der Waals surface area (Å²) in [6, 6.07) is 3.25. The van der Waals surface area contributed by atoms with Crippen LogP contribution < -0.4 is 14.8 Å². The number of nitrogens with zero attached hydrogens (tertiary/aromatic N) is 1. The van der Waals surface area contributed by atoms with E-state index in [-0.39, 0.29) is 34.8 Å². The number of aromatic carboxylic acids is 1. The Morgan fingerprint density at radius 3 is 2.46 bits per heavy atom. The summed E-state index contributed by atoms with van der Waals surface area (Å²) in [6.07, 6.45) is 1.25. The number of halogens is 2. The first-order valence-electron chi connectivity index (χ1n) is 11.3. The Morgan fingerprint density at radius 2 is 1.91 bits per heavy atom. The van der Waals surface area contributed by atoms with Gasteiger partial charge in [-0.05, 0) is 63.6 Å². The molecule has 1 heterocycles. The highest BCUT2D eigenvalue weighted by atomic mass is 19.3. The zero-order valence-corrected chi connectivity index (χ0v) is 20.3. The Morgan fingerprint density at radius 1 is 1.23 bits per heavy atom. The number of carboxylic acid groups (broad SMARTS) is 1. The molecule has 35 heavy (non-hydrogen) atoms. The second-order valence-electron chi connectivity index (χ2n) is 9.70. The molecule has 0 saturated heterocycles. The fourth-order valence-electron chi connectivity index (χ4n) is 3.23. The van der Waals surface area contributed by atoms with Crippen LogP contribution in [0.3, 0.4) is 0 Å². The van der Waals surface area contributed by atoms with Crippen LogP contribution in [0, 0.1) is 11.8 Å². The highest BCUT2D eigenvalue weighted by Gasteiger charge is 2.32. The summed E-state index contributed by atoms with van der Waals surface area (Å²) >= 11 is 0. The van der Waals surface area contributed by atoms with Gasteiger partial charge in [0, 0.05) is 5.56 Å². The first-order chi connectivity index (χ1) is 16.3. The molecule has 1 atom stereocenters. The Hall–Kier alpha value is -3.37. The number of benzene rings is 1. The van der Waals surface area contributed by atoms with E-state index in [0.717, 1.165) is 12.8 Å². The predicted molar refractivity (Wildman–Crippen MR) is 121 cm³/mol. The Balaban J connectivity index is 1.96. The van der Waals surface area contributed by atoms with Crippen LogP contribution in [0.15, 0.2) is 22.6 Å². The Kier molecular flexibility index (Phi) is 7.86. The number of alkyl carbamates (subject to hydrolysis) is 1. The van der Waals surface area contributed by atoms with Gasteiger partial charge in [0.25, 0.3) is 0 Å². The molecule has 2 N–H and O–H groups in total. The van der Waals surface area contributed by atoms with Gasteiger partial charge >= 0.3 is 18.7 Å². The quantitative estimate of drug-likeness (QED) is 0.433. The summed E-state index contributed by atoms with van der Waals surface area (Å²) in [5.74, 6) is -1.50. The average molecular weight is 497 g/mol. The van der Waals surface area contributed by atoms with E-state index in [1.807, 2.05) is 0 Å². The van der Waals surface area contributed by atoms with Crippen LogP contribution in [-0.4, -0.2) is 41.0 Å². The van der Waals surface area contributed by atoms with Gasteiger partial charge in [0.15, 0.2) is 23.0 Å². The summed E-state index contributed by atoms with van der Waals surface area (Å²) in [5.41, 5.74) is -0.846. The number of hydrogen-bond donors (Lipinski definition) is 2. The minimum atomic E-state index is -3.04.